The van der Waals surface area contributed by atoms with Gasteiger partial charge in [-0.25, -0.2) is 0 Å². The van der Waals surface area contributed by atoms with Crippen molar-refractivity contribution in [1.82, 2.24) is 9.80 Å². The van der Waals surface area contributed by atoms with Crippen molar-refractivity contribution in [2.75, 3.05) is 19.7 Å². The lowest BCUT2D eigenvalue weighted by Gasteiger charge is -2.35. The molecule has 0 N–H and O–H groups in total. The first-order valence-electron chi connectivity index (χ1n) is 11.7. The van der Waals surface area contributed by atoms with E-state index in [1.807, 2.05) is 30.3 Å². The van der Waals surface area contributed by atoms with Gasteiger partial charge >= 0.3 is 6.18 Å². The molecule has 0 aromatic heterocycles. The highest BCUT2D eigenvalue weighted by Crippen LogP contribution is 2.36. The van der Waals surface area contributed by atoms with Gasteiger partial charge in [-0.1, -0.05) is 36.4 Å². The first-order chi connectivity index (χ1) is 16.3. The van der Waals surface area contributed by atoms with Gasteiger partial charge in [-0.05, 0) is 49.4 Å². The maximum atomic E-state index is 13.4. The van der Waals surface area contributed by atoms with Gasteiger partial charge in [0, 0.05) is 31.6 Å². The van der Waals surface area contributed by atoms with Crippen LogP contribution in [0, 0.1) is 5.92 Å². The minimum absolute atomic E-state index is 0.00332. The number of hydrogen-bond donors (Lipinski definition) is 0. The molecule has 2 amide bonds. The lowest BCUT2D eigenvalue weighted by molar-refractivity contribution is -0.143. The van der Waals surface area contributed by atoms with Crippen LogP contribution in [0.5, 0.6) is 5.75 Å². The SMILES string of the molecule is O=C(CCOc1ccccc1)N1CCC(C(=O)N(Cc2ccccc2C(F)(F)F)C2CC2)CC1. The number of alkyl halides is 3. The van der Waals surface area contributed by atoms with E-state index in [9.17, 15) is 22.8 Å². The highest BCUT2D eigenvalue weighted by molar-refractivity contribution is 5.81. The molecule has 2 fully saturated rings. The van der Waals surface area contributed by atoms with Gasteiger partial charge in [0.2, 0.25) is 11.8 Å². The summed E-state index contributed by atoms with van der Waals surface area (Å²) in [7, 11) is 0. The van der Waals surface area contributed by atoms with Crippen LogP contribution in [0.1, 0.15) is 43.2 Å². The number of carbonyl (C=O) groups excluding carboxylic acids is 2. The van der Waals surface area contributed by atoms with E-state index in [0.29, 0.717) is 31.7 Å². The summed E-state index contributed by atoms with van der Waals surface area (Å²) in [6, 6.07) is 14.8. The van der Waals surface area contributed by atoms with Crippen molar-refractivity contribution >= 4 is 11.8 Å². The largest absolute Gasteiger partial charge is 0.493 e. The van der Waals surface area contributed by atoms with Crippen LogP contribution in [-0.4, -0.2) is 47.4 Å². The number of halogens is 3. The first-order valence-corrected chi connectivity index (χ1v) is 11.7. The monoisotopic (exact) mass is 474 g/mol. The van der Waals surface area contributed by atoms with Crippen LogP contribution in [0.3, 0.4) is 0 Å². The third kappa shape index (κ3) is 6.10. The highest BCUT2D eigenvalue weighted by atomic mass is 19.4. The molecular weight excluding hydrogens is 445 g/mol. The minimum atomic E-state index is -4.45. The first kappa shape index (κ1) is 24.1. The molecule has 8 heteroatoms. The Hall–Kier alpha value is -3.03. The summed E-state index contributed by atoms with van der Waals surface area (Å²) < 4.78 is 45.9. The van der Waals surface area contributed by atoms with Gasteiger partial charge in [-0.3, -0.25) is 9.59 Å². The quantitative estimate of drug-likeness (QED) is 0.547. The Bertz CT molecular complexity index is 984. The summed E-state index contributed by atoms with van der Waals surface area (Å²) in [6.45, 7) is 1.20. The van der Waals surface area contributed by atoms with Gasteiger partial charge in [0.15, 0.2) is 0 Å². The van der Waals surface area contributed by atoms with E-state index in [4.69, 9.17) is 4.74 Å². The van der Waals surface area contributed by atoms with E-state index in [0.717, 1.165) is 18.9 Å². The van der Waals surface area contributed by atoms with Gasteiger partial charge in [-0.15, -0.1) is 0 Å². The summed E-state index contributed by atoms with van der Waals surface area (Å²) in [5, 5.41) is 0. The van der Waals surface area contributed by atoms with Gasteiger partial charge in [0.05, 0.1) is 18.6 Å². The summed E-state index contributed by atoms with van der Waals surface area (Å²) in [4.78, 5) is 29.2. The molecule has 1 heterocycles. The van der Waals surface area contributed by atoms with Crippen LogP contribution in [-0.2, 0) is 22.3 Å². The number of likely N-dealkylation sites (tertiary alicyclic amines) is 1. The van der Waals surface area contributed by atoms with Crippen molar-refractivity contribution in [2.45, 2.75) is 50.9 Å². The number of benzene rings is 2. The summed E-state index contributed by atoms with van der Waals surface area (Å²) in [5.41, 5.74) is -0.562. The molecule has 34 heavy (non-hydrogen) atoms. The molecule has 5 nitrogen and oxygen atoms in total. The van der Waals surface area contributed by atoms with Crippen molar-refractivity contribution in [2.24, 2.45) is 5.92 Å². The van der Waals surface area contributed by atoms with E-state index in [2.05, 4.69) is 0 Å². The second-order valence-electron chi connectivity index (χ2n) is 8.92. The molecule has 0 spiro atoms. The molecule has 1 aliphatic heterocycles. The maximum absolute atomic E-state index is 13.4. The number of ether oxygens (including phenoxy) is 1. The minimum Gasteiger partial charge on any atom is -0.493 e. The normalized spacial score (nSPS) is 16.9. The Labute approximate surface area is 197 Å². The molecule has 4 rings (SSSR count). The Morgan fingerprint density at radius 1 is 0.941 bits per heavy atom. The van der Waals surface area contributed by atoms with E-state index >= 15 is 0 Å². The molecule has 1 saturated carbocycles. The van der Waals surface area contributed by atoms with Gasteiger partial charge in [-0.2, -0.15) is 13.2 Å². The van der Waals surface area contributed by atoms with Gasteiger partial charge in [0.1, 0.15) is 5.75 Å². The van der Waals surface area contributed by atoms with E-state index < -0.39 is 11.7 Å². The second kappa shape index (κ2) is 10.5. The Morgan fingerprint density at radius 2 is 1.59 bits per heavy atom. The molecule has 0 radical (unpaired) electrons. The number of carbonyl (C=O) groups is 2. The fourth-order valence-corrected chi connectivity index (χ4v) is 4.43. The van der Waals surface area contributed by atoms with E-state index in [-0.39, 0.29) is 48.9 Å². The number of hydrogen-bond acceptors (Lipinski definition) is 3. The number of rotatable bonds is 8. The molecule has 0 atom stereocenters. The zero-order valence-electron chi connectivity index (χ0n) is 19.0. The van der Waals surface area contributed by atoms with Crippen molar-refractivity contribution in [3.8, 4) is 5.75 Å². The smallest absolute Gasteiger partial charge is 0.416 e. The average molecular weight is 475 g/mol. The predicted octanol–water partition coefficient (Wildman–Crippen LogP) is 4.90. The Morgan fingerprint density at radius 3 is 2.24 bits per heavy atom. The number of piperidine rings is 1. The Balaban J connectivity index is 1.30. The number of amides is 2. The van der Waals surface area contributed by atoms with Crippen LogP contribution < -0.4 is 4.74 Å². The van der Waals surface area contributed by atoms with Crippen molar-refractivity contribution in [3.05, 3.63) is 65.7 Å². The topological polar surface area (TPSA) is 49.9 Å². The van der Waals surface area contributed by atoms with Crippen LogP contribution in [0.15, 0.2) is 54.6 Å². The molecule has 0 unspecified atom stereocenters. The van der Waals surface area contributed by atoms with Crippen LogP contribution in [0.25, 0.3) is 0 Å². The van der Waals surface area contributed by atoms with Crippen LogP contribution >= 0.6 is 0 Å². The Kier molecular flexibility index (Phi) is 7.44. The lowest BCUT2D eigenvalue weighted by Crippen LogP contribution is -2.45. The van der Waals surface area contributed by atoms with E-state index in [1.54, 1.807) is 15.9 Å². The second-order valence-corrected chi connectivity index (χ2v) is 8.92. The number of nitrogens with zero attached hydrogens (tertiary/aromatic N) is 2. The zero-order valence-corrected chi connectivity index (χ0v) is 19.0. The molecule has 1 aliphatic carbocycles. The van der Waals surface area contributed by atoms with Gasteiger partial charge < -0.3 is 14.5 Å². The standard InChI is InChI=1S/C26H29F3N2O3/c27-26(28,29)23-9-5-4-6-20(23)18-31(21-10-11-21)25(33)19-12-15-30(16-13-19)24(32)14-17-34-22-7-2-1-3-8-22/h1-9,19,21H,10-18H2. The number of para-hydroxylation sites is 1. The highest BCUT2D eigenvalue weighted by Gasteiger charge is 2.39. The molecular formula is C26H29F3N2O3. The summed E-state index contributed by atoms with van der Waals surface area (Å²) >= 11 is 0. The molecule has 0 bridgehead atoms. The lowest BCUT2D eigenvalue weighted by atomic mass is 9.94. The average Bonchev–Trinajstić information content (AvgIpc) is 3.68. The maximum Gasteiger partial charge on any atom is 0.416 e. The fraction of sp³-hybridized carbons (Fsp3) is 0.462. The third-order valence-corrected chi connectivity index (χ3v) is 6.46. The molecule has 182 valence electrons. The fourth-order valence-electron chi connectivity index (χ4n) is 4.43. The summed E-state index contributed by atoms with van der Waals surface area (Å²) in [6.07, 6.45) is -1.51. The molecule has 1 saturated heterocycles. The molecule has 2 aliphatic rings. The molecule has 2 aromatic carbocycles. The zero-order chi connectivity index (χ0) is 24.1. The summed E-state index contributed by atoms with van der Waals surface area (Å²) in [5.74, 6) is 0.328. The van der Waals surface area contributed by atoms with Crippen molar-refractivity contribution in [3.63, 3.8) is 0 Å². The van der Waals surface area contributed by atoms with Crippen LogP contribution in [0.4, 0.5) is 13.2 Å². The van der Waals surface area contributed by atoms with E-state index in [1.165, 1.54) is 12.1 Å². The predicted molar refractivity (Wildman–Crippen MR) is 121 cm³/mol. The van der Waals surface area contributed by atoms with Gasteiger partial charge in [0.25, 0.3) is 0 Å². The molecule has 2 aromatic rings. The van der Waals surface area contributed by atoms with Crippen molar-refractivity contribution < 1.29 is 27.5 Å². The van der Waals surface area contributed by atoms with Crippen LogP contribution in [0.2, 0.25) is 0 Å². The third-order valence-electron chi connectivity index (χ3n) is 6.46. The van der Waals surface area contributed by atoms with Crippen molar-refractivity contribution in [1.29, 1.82) is 0 Å².